The molecule has 5 aromatic rings. The summed E-state index contributed by atoms with van der Waals surface area (Å²) in [6, 6.07) is 33.6. The molecular weight excluding hydrogens is 1140 g/mol. The Hall–Kier alpha value is -4.66. The Morgan fingerprint density at radius 2 is 1.08 bits per heavy atom. The van der Waals surface area contributed by atoms with Crippen LogP contribution in [0, 0.1) is 12.8 Å². The van der Waals surface area contributed by atoms with E-state index in [0.29, 0.717) is 11.8 Å². The smallest absolute Gasteiger partial charge is 0.0426 e. The number of allylic oxidation sites excluding steroid dienone is 7. The maximum atomic E-state index is 7.09. The number of nitrogens with two attached hydrogens (primary N) is 1. The first-order chi connectivity index (χ1) is 44.9. The number of fused-ring (bicyclic) bond motifs is 3. The van der Waals surface area contributed by atoms with E-state index in [1.54, 1.807) is 11.1 Å². The Labute approximate surface area is 581 Å². The maximum Gasteiger partial charge on any atom is 0.0426 e. The molecule has 2 heteroatoms. The molecule has 1 aromatic heterocycles. The summed E-state index contributed by atoms with van der Waals surface area (Å²) in [6.07, 6.45) is 49.9. The number of rotatable bonds is 36. The van der Waals surface area contributed by atoms with Crippen LogP contribution in [0.4, 0.5) is 5.69 Å². The first-order valence-corrected chi connectivity index (χ1v) is 39.8. The topological polar surface area (TPSA) is 26.0 Å². The Morgan fingerprint density at radius 1 is 0.570 bits per heavy atom. The van der Waals surface area contributed by atoms with E-state index in [4.69, 9.17) is 5.73 Å². The van der Waals surface area contributed by atoms with Crippen LogP contribution in [0.1, 0.15) is 366 Å². The van der Waals surface area contributed by atoms with Crippen molar-refractivity contribution in [3.8, 4) is 21.6 Å². The van der Waals surface area contributed by atoms with Crippen molar-refractivity contribution in [3.63, 3.8) is 0 Å². The summed E-state index contributed by atoms with van der Waals surface area (Å²) in [4.78, 5) is 2.73. The Kier molecular flexibility index (Phi) is 39.9. The molecule has 0 radical (unpaired) electrons. The largest absolute Gasteiger partial charge is 0.398 e. The van der Waals surface area contributed by atoms with Crippen molar-refractivity contribution in [1.29, 1.82) is 0 Å². The van der Waals surface area contributed by atoms with Gasteiger partial charge in [0.1, 0.15) is 0 Å². The lowest BCUT2D eigenvalue weighted by Gasteiger charge is -2.34. The molecule has 518 valence electrons. The van der Waals surface area contributed by atoms with Crippen LogP contribution in [0.2, 0.25) is 0 Å². The number of nitrogen functional groups attached to an aromatic ring is 1. The Bertz CT molecular complexity index is 2910. The van der Waals surface area contributed by atoms with Crippen LogP contribution in [0.5, 0.6) is 0 Å². The van der Waals surface area contributed by atoms with Crippen LogP contribution >= 0.6 is 11.3 Å². The lowest BCUT2D eigenvalue weighted by Crippen LogP contribution is -2.26. The molecule has 0 saturated carbocycles. The van der Waals surface area contributed by atoms with Gasteiger partial charge in [0.2, 0.25) is 0 Å². The van der Waals surface area contributed by atoms with Gasteiger partial charge in [0.15, 0.2) is 0 Å². The van der Waals surface area contributed by atoms with Crippen LogP contribution in [0.3, 0.4) is 0 Å². The minimum Gasteiger partial charge on any atom is -0.398 e. The molecule has 1 heterocycles. The van der Waals surface area contributed by atoms with E-state index in [1.165, 1.54) is 243 Å². The Balaban J connectivity index is 0.000000696. The van der Waals surface area contributed by atoms with Crippen LogP contribution < -0.4 is 5.73 Å². The molecule has 2 N–H and O–H groups in total. The lowest BCUT2D eigenvalue weighted by molar-refractivity contribution is 0.395. The minimum atomic E-state index is 0.0785. The highest BCUT2D eigenvalue weighted by molar-refractivity contribution is 7.15. The van der Waals surface area contributed by atoms with E-state index >= 15 is 0 Å². The molecule has 0 saturated heterocycles. The number of benzene rings is 4. The van der Waals surface area contributed by atoms with Gasteiger partial charge in [-0.1, -0.05) is 387 Å². The molecule has 2 atom stereocenters. The summed E-state index contributed by atoms with van der Waals surface area (Å²) < 4.78 is 0. The molecule has 7 rings (SSSR count). The van der Waals surface area contributed by atoms with Crippen molar-refractivity contribution in [3.05, 3.63) is 176 Å². The summed E-state index contributed by atoms with van der Waals surface area (Å²) in [7, 11) is 0. The number of aryl methyl sites for hydroxylation is 1. The van der Waals surface area contributed by atoms with E-state index < -0.39 is 0 Å². The van der Waals surface area contributed by atoms with Gasteiger partial charge in [-0.25, -0.2) is 0 Å². The van der Waals surface area contributed by atoms with Crippen molar-refractivity contribution >= 4 is 22.6 Å². The van der Waals surface area contributed by atoms with E-state index in [9.17, 15) is 0 Å². The fourth-order valence-electron chi connectivity index (χ4n) is 14.0. The first kappa shape index (κ1) is 82.6. The highest BCUT2D eigenvalue weighted by Crippen LogP contribution is 2.56. The minimum absolute atomic E-state index is 0.0785. The average molecular weight is 1280 g/mol. The molecule has 4 aromatic carbocycles. The van der Waals surface area contributed by atoms with Gasteiger partial charge in [-0.15, -0.1) is 11.3 Å². The average Bonchev–Trinajstić information content (AvgIpc) is 1.57. The number of unbranched alkanes of at least 4 members (excludes halogenated alkanes) is 18. The third-order valence-electron chi connectivity index (χ3n) is 19.7. The molecule has 2 aliphatic rings. The zero-order valence-electron chi connectivity index (χ0n) is 64.2. The summed E-state index contributed by atoms with van der Waals surface area (Å²) in [5, 5.41) is 0. The predicted molar refractivity (Wildman–Crippen MR) is 425 cm³/mol. The van der Waals surface area contributed by atoms with Gasteiger partial charge in [-0.2, -0.15) is 0 Å². The normalized spacial score (nSPS) is 14.2. The number of anilines is 1. The van der Waals surface area contributed by atoms with E-state index in [2.05, 4.69) is 206 Å². The van der Waals surface area contributed by atoms with E-state index in [-0.39, 0.29) is 16.2 Å². The molecular formula is C91H143NS. The van der Waals surface area contributed by atoms with Crippen LogP contribution in [-0.4, -0.2) is 0 Å². The van der Waals surface area contributed by atoms with E-state index in [0.717, 1.165) is 37.8 Å². The third-order valence-corrected chi connectivity index (χ3v) is 21.2. The number of hydrogen-bond donors (Lipinski definition) is 1. The van der Waals surface area contributed by atoms with Crippen LogP contribution in [0.15, 0.2) is 127 Å². The monoisotopic (exact) mass is 1280 g/mol. The van der Waals surface area contributed by atoms with Crippen molar-refractivity contribution in [2.24, 2.45) is 5.92 Å². The maximum absolute atomic E-state index is 7.09. The first-order valence-electron chi connectivity index (χ1n) is 39.0. The van der Waals surface area contributed by atoms with Gasteiger partial charge in [-0.05, 0) is 148 Å². The van der Waals surface area contributed by atoms with Gasteiger partial charge >= 0.3 is 0 Å². The summed E-state index contributed by atoms with van der Waals surface area (Å²) in [5.41, 5.74) is 28.4. The summed E-state index contributed by atoms with van der Waals surface area (Å²) >= 11 is 1.91. The number of hydrogen-bond acceptors (Lipinski definition) is 2. The van der Waals surface area contributed by atoms with E-state index in [1.807, 2.05) is 52.9 Å². The summed E-state index contributed by atoms with van der Waals surface area (Å²) in [5.74, 6) is 0.924. The fraction of sp³-hybridized carbons (Fsp3) is 0.604. The van der Waals surface area contributed by atoms with Crippen molar-refractivity contribution in [1.82, 2.24) is 0 Å². The Morgan fingerprint density at radius 3 is 1.56 bits per heavy atom. The van der Waals surface area contributed by atoms with Gasteiger partial charge in [-0.3, -0.25) is 0 Å². The van der Waals surface area contributed by atoms with Gasteiger partial charge < -0.3 is 5.73 Å². The number of thiophene rings is 1. The lowest BCUT2D eigenvalue weighted by atomic mass is 9.69. The molecule has 2 aliphatic carbocycles. The molecule has 0 amide bonds. The van der Waals surface area contributed by atoms with Crippen LogP contribution in [-0.2, 0) is 29.1 Å². The highest BCUT2D eigenvalue weighted by atomic mass is 32.1. The highest BCUT2D eigenvalue weighted by Gasteiger charge is 2.43. The molecule has 0 bridgehead atoms. The fourth-order valence-corrected chi connectivity index (χ4v) is 15.1. The summed E-state index contributed by atoms with van der Waals surface area (Å²) in [6.45, 7) is 46.5. The predicted octanol–water partition coefficient (Wildman–Crippen LogP) is 30.3. The second-order valence-electron chi connectivity index (χ2n) is 29.1. The third kappa shape index (κ3) is 26.4. The van der Waals surface area contributed by atoms with Gasteiger partial charge in [0.05, 0.1) is 0 Å². The standard InChI is InChI=1S/C64H97NS.C21H28.3C2H6/c1-12-15-17-19-21-23-25-27-29-31-44-64(45-32-30-28-26-24-22-20-18-16-13-2)57-46-51(36-38-55(57)56-39-37-52(47-58(56)64)62(6,7)8)48(4)34-35-50(33-14-3)54-41-40-53(49(5)61(54)65)59-42-43-60(66-59)63(9,10)11;1-4-6-18-8-10-20(11-9-18)16-17(3)21-14-12-19(7-5-2)13-15-21;3*1-2/h35-43,46-48H,12-34,44-45,65H2,1-11H3;8-14,21H,3-7,15-16H2,1-2H3;3*1-2H3/b50-35+;;;;. The second-order valence-corrected chi connectivity index (χ2v) is 30.2. The molecule has 0 aliphatic heterocycles. The molecule has 0 spiro atoms. The zero-order valence-corrected chi connectivity index (χ0v) is 65.0. The quantitative estimate of drug-likeness (QED) is 0.0241. The molecule has 1 nitrogen and oxygen atoms in total. The zero-order chi connectivity index (χ0) is 68.8. The van der Waals surface area contributed by atoms with Crippen molar-refractivity contribution in [2.75, 3.05) is 5.73 Å². The van der Waals surface area contributed by atoms with Crippen LogP contribution in [0.25, 0.3) is 27.1 Å². The molecule has 2 unspecified atom stereocenters. The van der Waals surface area contributed by atoms with Gasteiger partial charge in [0, 0.05) is 32.3 Å². The molecule has 0 fully saturated rings. The van der Waals surface area contributed by atoms with Crippen molar-refractivity contribution in [2.45, 2.75) is 353 Å². The van der Waals surface area contributed by atoms with Gasteiger partial charge in [0.25, 0.3) is 0 Å². The molecule has 93 heavy (non-hydrogen) atoms. The second kappa shape index (κ2) is 45.0. The SMILES string of the molecule is C=C(Cc1ccc(CCC)cc1)C1C=CC(CCC)=CC1.CC.CC.CC.CCCCCCCCCCCCC1(CCCCCCCCCCCC)c2cc(C(C)C/C=C(\CCC)c3ccc(-c4ccc(C(C)(C)C)s4)c(C)c3N)ccc2-c2ccc(C(C)(C)C)cc21. The van der Waals surface area contributed by atoms with Crippen molar-refractivity contribution < 1.29 is 0 Å².